The van der Waals surface area contributed by atoms with Crippen LogP contribution in [0, 0.1) is 0 Å². The molecule has 0 unspecified atom stereocenters. The highest BCUT2D eigenvalue weighted by Gasteiger charge is 2.47. The summed E-state index contributed by atoms with van der Waals surface area (Å²) in [6.07, 6.45) is 0. The van der Waals surface area contributed by atoms with Crippen LogP contribution in [0.2, 0.25) is 16.6 Å². The maximum absolute atomic E-state index is 13.6. The summed E-state index contributed by atoms with van der Waals surface area (Å²) in [5, 5.41) is 0. The van der Waals surface area contributed by atoms with Crippen LogP contribution in [0.4, 0.5) is 0 Å². The van der Waals surface area contributed by atoms with Crippen LogP contribution in [0.25, 0.3) is 0 Å². The van der Waals surface area contributed by atoms with Gasteiger partial charge in [-0.3, -0.25) is 4.99 Å². The van der Waals surface area contributed by atoms with Crippen LogP contribution < -0.4 is 4.43 Å². The zero-order valence-corrected chi connectivity index (χ0v) is 26.1. The fourth-order valence-electron chi connectivity index (χ4n) is 5.53. The van der Waals surface area contributed by atoms with Crippen molar-refractivity contribution < 1.29 is 14.0 Å². The van der Waals surface area contributed by atoms with Crippen molar-refractivity contribution in [3.05, 3.63) is 102 Å². The molecule has 4 nitrogen and oxygen atoms in total. The van der Waals surface area contributed by atoms with Gasteiger partial charge in [-0.25, -0.2) is 4.79 Å². The number of esters is 1. The number of nitrogens with zero attached hydrogens (tertiary/aromatic N) is 1. The van der Waals surface area contributed by atoms with Crippen LogP contribution in [-0.2, 0) is 9.53 Å². The second kappa shape index (κ2) is 12.8. The number of hydrogen-bond acceptors (Lipinski definition) is 4. The molecule has 0 saturated heterocycles. The molecule has 1 atom stereocenters. The Morgan fingerprint density at radius 1 is 0.692 bits per heavy atom. The summed E-state index contributed by atoms with van der Waals surface area (Å²) >= 11 is 0. The lowest BCUT2D eigenvalue weighted by molar-refractivity contribution is -0.156. The third-order valence-corrected chi connectivity index (χ3v) is 13.2. The Morgan fingerprint density at radius 2 is 1.13 bits per heavy atom. The Kier molecular flexibility index (Phi) is 9.95. The van der Waals surface area contributed by atoms with E-state index < -0.39 is 20.0 Å². The maximum atomic E-state index is 13.6. The van der Waals surface area contributed by atoms with Crippen molar-refractivity contribution in [2.24, 2.45) is 4.99 Å². The molecular weight excluding hydrogens is 498 g/mol. The van der Waals surface area contributed by atoms with Gasteiger partial charge in [0.2, 0.25) is 0 Å². The van der Waals surface area contributed by atoms with E-state index in [1.807, 2.05) is 106 Å². The van der Waals surface area contributed by atoms with Crippen LogP contribution in [0.5, 0.6) is 5.75 Å². The van der Waals surface area contributed by atoms with Crippen molar-refractivity contribution in [3.8, 4) is 5.75 Å². The summed E-state index contributed by atoms with van der Waals surface area (Å²) in [6.45, 7) is 19.3. The molecule has 0 radical (unpaired) electrons. The SMILES string of the molecule is CC(C)[Si](Oc1ccc([C@@H](N=C(c2ccccc2)c2ccccc2)C(=O)OC(C)(C)C)cc1)(C(C)C)C(C)C. The summed E-state index contributed by atoms with van der Waals surface area (Å²) in [5.41, 5.74) is 4.18. The highest BCUT2D eigenvalue weighted by Crippen LogP contribution is 2.43. The Morgan fingerprint density at radius 3 is 1.51 bits per heavy atom. The molecule has 0 fully saturated rings. The van der Waals surface area contributed by atoms with Gasteiger partial charge in [-0.05, 0) is 55.1 Å². The Bertz CT molecular complexity index is 1160. The predicted octanol–water partition coefficient (Wildman–Crippen LogP) is 9.16. The molecule has 0 aromatic heterocycles. The highest BCUT2D eigenvalue weighted by atomic mass is 28.4. The Labute approximate surface area is 236 Å². The van der Waals surface area contributed by atoms with Crippen molar-refractivity contribution >= 4 is 20.0 Å². The van der Waals surface area contributed by atoms with Gasteiger partial charge in [-0.2, -0.15) is 0 Å². The van der Waals surface area contributed by atoms with Crippen LogP contribution in [-0.4, -0.2) is 25.6 Å². The third kappa shape index (κ3) is 7.48. The molecule has 0 heterocycles. The minimum absolute atomic E-state index is 0.379. The zero-order valence-electron chi connectivity index (χ0n) is 25.1. The van der Waals surface area contributed by atoms with Crippen LogP contribution in [0.15, 0.2) is 89.9 Å². The average molecular weight is 544 g/mol. The average Bonchev–Trinajstić information content (AvgIpc) is 2.87. The zero-order chi connectivity index (χ0) is 28.8. The third-order valence-electron chi connectivity index (χ3n) is 7.18. The summed E-state index contributed by atoms with van der Waals surface area (Å²) in [5.74, 6) is 0.468. The largest absolute Gasteiger partial charge is 0.543 e. The van der Waals surface area contributed by atoms with E-state index in [4.69, 9.17) is 14.2 Å². The van der Waals surface area contributed by atoms with Crippen LogP contribution >= 0.6 is 0 Å². The Balaban J connectivity index is 2.09. The number of carbonyl (C=O) groups excluding carboxylic acids is 1. The molecule has 0 aliphatic rings. The smallest absolute Gasteiger partial charge is 0.336 e. The highest BCUT2D eigenvalue weighted by molar-refractivity contribution is 6.78. The van der Waals surface area contributed by atoms with E-state index in [0.717, 1.165) is 28.2 Å². The fourth-order valence-corrected chi connectivity index (χ4v) is 10.8. The summed E-state index contributed by atoms with van der Waals surface area (Å²) < 4.78 is 12.7. The van der Waals surface area contributed by atoms with Crippen LogP contribution in [0.3, 0.4) is 0 Å². The first-order valence-electron chi connectivity index (χ1n) is 14.1. The molecular formula is C34H45NO3Si. The lowest BCUT2D eigenvalue weighted by atomic mass is 10.0. The first-order valence-corrected chi connectivity index (χ1v) is 16.2. The standard InChI is InChI=1S/C34H45NO3Si/c1-24(2)39(25(3)4,26(5)6)38-30-22-20-29(21-23-30)32(33(36)37-34(7,8)9)35-31(27-16-12-10-13-17-27)28-18-14-11-15-19-28/h10-26,32H,1-9H3/t32-/m1/s1. The van der Waals surface area contributed by atoms with Crippen molar-refractivity contribution in [1.29, 1.82) is 0 Å². The van der Waals surface area contributed by atoms with Crippen molar-refractivity contribution in [2.45, 2.75) is 90.6 Å². The lowest BCUT2D eigenvalue weighted by Crippen LogP contribution is -2.50. The topological polar surface area (TPSA) is 47.9 Å². The Hall–Kier alpha value is -3.18. The fraction of sp³-hybridized carbons (Fsp3) is 0.412. The van der Waals surface area contributed by atoms with E-state index in [1.165, 1.54) is 0 Å². The first-order chi connectivity index (χ1) is 18.3. The molecule has 3 rings (SSSR count). The van der Waals surface area contributed by atoms with E-state index in [2.05, 4.69) is 41.5 Å². The second-order valence-corrected chi connectivity index (χ2v) is 17.5. The first kappa shape index (κ1) is 30.4. The van der Waals surface area contributed by atoms with Crippen LogP contribution in [0.1, 0.15) is 85.0 Å². The van der Waals surface area contributed by atoms with Gasteiger partial charge in [0.05, 0.1) is 5.71 Å². The van der Waals surface area contributed by atoms with Gasteiger partial charge in [0.25, 0.3) is 8.32 Å². The number of rotatable bonds is 10. The van der Waals surface area contributed by atoms with Crippen molar-refractivity contribution in [3.63, 3.8) is 0 Å². The number of hydrogen-bond donors (Lipinski definition) is 0. The maximum Gasteiger partial charge on any atom is 0.336 e. The summed E-state index contributed by atoms with van der Waals surface area (Å²) in [6, 6.07) is 27.0. The molecule has 39 heavy (non-hydrogen) atoms. The molecule has 0 aliphatic heterocycles. The van der Waals surface area contributed by atoms with Gasteiger partial charge in [-0.15, -0.1) is 0 Å². The van der Waals surface area contributed by atoms with E-state index in [-0.39, 0.29) is 5.97 Å². The van der Waals surface area contributed by atoms with Crippen molar-refractivity contribution in [1.82, 2.24) is 0 Å². The quantitative estimate of drug-likeness (QED) is 0.145. The van der Waals surface area contributed by atoms with E-state index in [9.17, 15) is 4.79 Å². The van der Waals surface area contributed by atoms with Gasteiger partial charge in [0.15, 0.2) is 6.04 Å². The van der Waals surface area contributed by atoms with E-state index >= 15 is 0 Å². The van der Waals surface area contributed by atoms with Gasteiger partial charge >= 0.3 is 5.97 Å². The molecule has 208 valence electrons. The van der Waals surface area contributed by atoms with Crippen molar-refractivity contribution in [2.75, 3.05) is 0 Å². The summed E-state index contributed by atoms with van der Waals surface area (Å²) in [7, 11) is -2.10. The van der Waals surface area contributed by atoms with E-state index in [1.54, 1.807) is 0 Å². The summed E-state index contributed by atoms with van der Waals surface area (Å²) in [4.78, 5) is 18.7. The number of aliphatic imine (C=N–C) groups is 1. The van der Waals surface area contributed by atoms with Gasteiger partial charge in [-0.1, -0.05) is 114 Å². The molecule has 0 saturated carbocycles. The second-order valence-electron chi connectivity index (χ2n) is 12.1. The minimum Gasteiger partial charge on any atom is -0.543 e. The predicted molar refractivity (Wildman–Crippen MR) is 165 cm³/mol. The molecule has 0 spiro atoms. The molecule has 0 amide bonds. The normalized spacial score (nSPS) is 12.9. The molecule has 0 bridgehead atoms. The minimum atomic E-state index is -2.10. The van der Waals surface area contributed by atoms with Gasteiger partial charge in [0.1, 0.15) is 11.4 Å². The van der Waals surface area contributed by atoms with E-state index in [0.29, 0.717) is 16.6 Å². The molecule has 0 aliphatic carbocycles. The molecule has 3 aromatic rings. The molecule has 3 aromatic carbocycles. The number of carbonyl (C=O) groups is 1. The number of benzene rings is 3. The molecule has 5 heteroatoms. The number of ether oxygens (including phenoxy) is 1. The lowest BCUT2D eigenvalue weighted by Gasteiger charge is -2.42. The monoisotopic (exact) mass is 543 g/mol. The van der Waals surface area contributed by atoms with Gasteiger partial charge in [0, 0.05) is 11.1 Å². The van der Waals surface area contributed by atoms with Gasteiger partial charge < -0.3 is 9.16 Å². The molecule has 0 N–H and O–H groups in total.